The van der Waals surface area contributed by atoms with E-state index in [4.69, 9.17) is 0 Å². The molecule has 18 heavy (non-hydrogen) atoms. The zero-order chi connectivity index (χ0) is 12.9. The highest BCUT2D eigenvalue weighted by Crippen LogP contribution is 2.44. The van der Waals surface area contributed by atoms with E-state index in [1.165, 1.54) is 5.56 Å². The van der Waals surface area contributed by atoms with Crippen molar-refractivity contribution >= 4 is 15.8 Å². The van der Waals surface area contributed by atoms with Gasteiger partial charge in [-0.3, -0.25) is 4.55 Å². The summed E-state index contributed by atoms with van der Waals surface area (Å²) >= 11 is 0. The van der Waals surface area contributed by atoms with Crippen LogP contribution in [0.4, 0.5) is 5.69 Å². The molecule has 0 saturated carbocycles. The molecule has 2 aliphatic heterocycles. The van der Waals surface area contributed by atoms with E-state index in [0.29, 0.717) is 6.54 Å². The molecule has 98 valence electrons. The van der Waals surface area contributed by atoms with Crippen molar-refractivity contribution in [2.45, 2.75) is 25.0 Å². The van der Waals surface area contributed by atoms with Gasteiger partial charge in [0.05, 0.1) is 0 Å². The van der Waals surface area contributed by atoms with E-state index in [2.05, 4.69) is 11.0 Å². The minimum Gasteiger partial charge on any atom is -0.371 e. The largest absolute Gasteiger partial charge is 0.371 e. The zero-order valence-corrected chi connectivity index (χ0v) is 11.2. The average Bonchev–Trinajstić information content (AvgIpc) is 2.27. The van der Waals surface area contributed by atoms with Crippen LogP contribution in [0.5, 0.6) is 0 Å². The first-order valence-electron chi connectivity index (χ1n) is 6.31. The molecule has 0 bridgehead atoms. The van der Waals surface area contributed by atoms with Gasteiger partial charge in [0.15, 0.2) is 0 Å². The van der Waals surface area contributed by atoms with Gasteiger partial charge in [-0.15, -0.1) is 0 Å². The third-order valence-corrected chi connectivity index (χ3v) is 5.35. The highest BCUT2D eigenvalue weighted by Gasteiger charge is 2.40. The van der Waals surface area contributed by atoms with Crippen molar-refractivity contribution in [2.24, 2.45) is 5.92 Å². The Morgan fingerprint density at radius 3 is 2.89 bits per heavy atom. The minimum absolute atomic E-state index is 0.0825. The van der Waals surface area contributed by atoms with Gasteiger partial charge in [-0.1, -0.05) is 25.1 Å². The third-order valence-electron chi connectivity index (χ3n) is 3.99. The number of rotatable bonds is 1. The lowest BCUT2D eigenvalue weighted by molar-refractivity contribution is 0.421. The first-order chi connectivity index (χ1) is 8.48. The molecule has 2 atom stereocenters. The molecule has 4 nitrogen and oxygen atoms in total. The molecule has 0 amide bonds. The standard InChI is InChI=1S/C13H17NO3S/c1-9-8-14-7-3-5-10-4-2-6-11(12(10)14)13(9)18(15,16)17/h2,4,6,9,13H,3,5,7-8H2,1H3,(H,15,16,17). The maximum Gasteiger partial charge on any atom is 0.272 e. The summed E-state index contributed by atoms with van der Waals surface area (Å²) in [4.78, 5) is 2.26. The maximum absolute atomic E-state index is 11.6. The van der Waals surface area contributed by atoms with E-state index in [0.717, 1.165) is 30.6 Å². The van der Waals surface area contributed by atoms with Crippen LogP contribution < -0.4 is 4.90 Å². The van der Waals surface area contributed by atoms with Gasteiger partial charge in [-0.25, -0.2) is 0 Å². The van der Waals surface area contributed by atoms with Crippen molar-refractivity contribution in [1.82, 2.24) is 0 Å². The Labute approximate surface area is 107 Å². The number of anilines is 1. The Bertz CT molecular complexity index is 582. The fourth-order valence-corrected chi connectivity index (χ4v) is 4.57. The SMILES string of the molecule is CC1CN2CCCc3cccc(c32)C1S(=O)(=O)O. The van der Waals surface area contributed by atoms with Gasteiger partial charge in [-0.05, 0) is 29.9 Å². The lowest BCUT2D eigenvalue weighted by Crippen LogP contribution is -2.42. The fourth-order valence-electron chi connectivity index (χ4n) is 3.39. The summed E-state index contributed by atoms with van der Waals surface area (Å²) in [6.45, 7) is 3.57. The summed E-state index contributed by atoms with van der Waals surface area (Å²) in [5, 5.41) is -0.776. The number of hydrogen-bond donors (Lipinski definition) is 1. The highest BCUT2D eigenvalue weighted by molar-refractivity contribution is 7.86. The topological polar surface area (TPSA) is 57.6 Å². The van der Waals surface area contributed by atoms with Crippen molar-refractivity contribution in [2.75, 3.05) is 18.0 Å². The number of para-hydroxylation sites is 1. The molecule has 1 N–H and O–H groups in total. The number of hydrogen-bond acceptors (Lipinski definition) is 3. The average molecular weight is 267 g/mol. The highest BCUT2D eigenvalue weighted by atomic mass is 32.2. The fraction of sp³-hybridized carbons (Fsp3) is 0.538. The number of nitrogens with zero attached hydrogens (tertiary/aromatic N) is 1. The van der Waals surface area contributed by atoms with Crippen LogP contribution in [0.1, 0.15) is 29.7 Å². The van der Waals surface area contributed by atoms with Crippen LogP contribution in [0.15, 0.2) is 18.2 Å². The summed E-state index contributed by atoms with van der Waals surface area (Å²) in [6.07, 6.45) is 2.10. The number of benzene rings is 1. The zero-order valence-electron chi connectivity index (χ0n) is 10.3. The summed E-state index contributed by atoms with van der Waals surface area (Å²) in [7, 11) is -4.04. The van der Waals surface area contributed by atoms with E-state index < -0.39 is 15.4 Å². The molecule has 2 heterocycles. The van der Waals surface area contributed by atoms with Gasteiger partial charge < -0.3 is 4.90 Å². The Balaban J connectivity index is 2.22. The van der Waals surface area contributed by atoms with Gasteiger partial charge >= 0.3 is 0 Å². The van der Waals surface area contributed by atoms with Gasteiger partial charge in [0.2, 0.25) is 0 Å². The Hall–Kier alpha value is -1.07. The smallest absolute Gasteiger partial charge is 0.272 e. The van der Waals surface area contributed by atoms with Crippen molar-refractivity contribution < 1.29 is 13.0 Å². The molecule has 3 rings (SSSR count). The quantitative estimate of drug-likeness (QED) is 0.791. The monoisotopic (exact) mass is 267 g/mol. The molecule has 0 spiro atoms. The van der Waals surface area contributed by atoms with Gasteiger partial charge in [0.25, 0.3) is 10.1 Å². The van der Waals surface area contributed by atoms with Crippen LogP contribution in [-0.2, 0) is 16.5 Å². The minimum atomic E-state index is -4.04. The molecule has 1 aromatic rings. The van der Waals surface area contributed by atoms with Crippen molar-refractivity contribution in [3.8, 4) is 0 Å². The molecule has 0 fully saturated rings. The van der Waals surface area contributed by atoms with E-state index in [-0.39, 0.29) is 5.92 Å². The van der Waals surface area contributed by atoms with Crippen LogP contribution in [-0.4, -0.2) is 26.1 Å². The predicted molar refractivity (Wildman–Crippen MR) is 70.4 cm³/mol. The first kappa shape index (κ1) is 12.0. The molecule has 5 heteroatoms. The lowest BCUT2D eigenvalue weighted by atomic mass is 9.87. The van der Waals surface area contributed by atoms with Crippen LogP contribution >= 0.6 is 0 Å². The molecule has 2 unspecified atom stereocenters. The molecule has 0 radical (unpaired) electrons. The molecule has 1 aromatic carbocycles. The third kappa shape index (κ3) is 1.73. The molecule has 2 aliphatic rings. The normalized spacial score (nSPS) is 26.9. The second kappa shape index (κ2) is 3.96. The van der Waals surface area contributed by atoms with Crippen molar-refractivity contribution in [3.05, 3.63) is 29.3 Å². The Morgan fingerprint density at radius 2 is 2.17 bits per heavy atom. The van der Waals surface area contributed by atoms with E-state index in [1.54, 1.807) is 0 Å². The summed E-state index contributed by atoms with van der Waals surface area (Å²) < 4.78 is 32.7. The summed E-state index contributed by atoms with van der Waals surface area (Å²) in [6, 6.07) is 5.79. The van der Waals surface area contributed by atoms with Crippen LogP contribution in [0.3, 0.4) is 0 Å². The molecule has 0 saturated heterocycles. The second-order valence-corrected chi connectivity index (χ2v) is 6.86. The van der Waals surface area contributed by atoms with Crippen LogP contribution in [0.2, 0.25) is 0 Å². The van der Waals surface area contributed by atoms with Crippen LogP contribution in [0, 0.1) is 5.92 Å². The maximum atomic E-state index is 11.6. The molecular weight excluding hydrogens is 250 g/mol. The molecular formula is C13H17NO3S. The lowest BCUT2D eigenvalue weighted by Gasteiger charge is -2.42. The summed E-state index contributed by atoms with van der Waals surface area (Å²) in [5.41, 5.74) is 3.03. The Morgan fingerprint density at radius 1 is 1.39 bits per heavy atom. The summed E-state index contributed by atoms with van der Waals surface area (Å²) in [5.74, 6) is -0.0825. The van der Waals surface area contributed by atoms with E-state index in [9.17, 15) is 13.0 Å². The Kier molecular flexibility index (Phi) is 2.64. The predicted octanol–water partition coefficient (Wildman–Crippen LogP) is 2.02. The first-order valence-corrected chi connectivity index (χ1v) is 7.82. The van der Waals surface area contributed by atoms with E-state index in [1.807, 2.05) is 19.1 Å². The molecule has 0 aromatic heterocycles. The van der Waals surface area contributed by atoms with Crippen molar-refractivity contribution in [1.29, 1.82) is 0 Å². The molecule has 0 aliphatic carbocycles. The second-order valence-electron chi connectivity index (χ2n) is 5.32. The number of aryl methyl sites for hydroxylation is 1. The van der Waals surface area contributed by atoms with Crippen LogP contribution in [0.25, 0.3) is 0 Å². The van der Waals surface area contributed by atoms with Gasteiger partial charge in [0, 0.05) is 18.8 Å². The van der Waals surface area contributed by atoms with Gasteiger partial charge in [0.1, 0.15) is 5.25 Å². The van der Waals surface area contributed by atoms with E-state index >= 15 is 0 Å². The van der Waals surface area contributed by atoms with Crippen molar-refractivity contribution in [3.63, 3.8) is 0 Å². The van der Waals surface area contributed by atoms with Gasteiger partial charge in [-0.2, -0.15) is 8.42 Å².